The Balaban J connectivity index is 2.92. The van der Waals surface area contributed by atoms with Crippen molar-refractivity contribution in [2.45, 2.75) is 6.42 Å². The average Bonchev–Trinajstić information content (AvgIpc) is 2.19. The van der Waals surface area contributed by atoms with Gasteiger partial charge in [0.2, 0.25) is 0 Å². The van der Waals surface area contributed by atoms with Crippen LogP contribution in [0.3, 0.4) is 0 Å². The summed E-state index contributed by atoms with van der Waals surface area (Å²) in [4.78, 5) is 10.7. The predicted octanol–water partition coefficient (Wildman–Crippen LogP) is 3.49. The summed E-state index contributed by atoms with van der Waals surface area (Å²) < 4.78 is 0. The Kier molecular flexibility index (Phi) is 4.77. The number of allylic oxidation sites excluding steroid dienone is 1. The van der Waals surface area contributed by atoms with Gasteiger partial charge < -0.3 is 0 Å². The van der Waals surface area contributed by atoms with E-state index in [-0.39, 0.29) is 0 Å². The number of hydrogen-bond donors (Lipinski definition) is 1. The lowest BCUT2D eigenvalue weighted by molar-refractivity contribution is 0.112. The summed E-state index contributed by atoms with van der Waals surface area (Å²) in [6, 6.07) is 5.21. The molecule has 14 heavy (non-hydrogen) atoms. The first-order chi connectivity index (χ1) is 6.77. The van der Waals surface area contributed by atoms with Crippen molar-refractivity contribution >= 4 is 36.6 Å². The minimum absolute atomic E-state index is 0.640. The molecule has 0 aliphatic carbocycles. The molecule has 0 saturated heterocycles. The lowest BCUT2D eigenvalue weighted by Gasteiger charge is -1.99. The highest BCUT2D eigenvalue weighted by molar-refractivity contribution is 7.80. The molecule has 0 fully saturated rings. The van der Waals surface area contributed by atoms with Gasteiger partial charge in [0.25, 0.3) is 0 Å². The minimum atomic E-state index is 0.640. The zero-order valence-corrected chi connectivity index (χ0v) is 9.26. The number of thiol groups is 1. The molecule has 0 saturated carbocycles. The van der Waals surface area contributed by atoms with Crippen molar-refractivity contribution in [3.05, 3.63) is 40.4 Å². The summed E-state index contributed by atoms with van der Waals surface area (Å²) in [5.41, 5.74) is 1.51. The molecule has 1 rings (SSSR count). The maximum atomic E-state index is 10.7. The van der Waals surface area contributed by atoms with Gasteiger partial charge in [-0.3, -0.25) is 4.79 Å². The van der Waals surface area contributed by atoms with E-state index in [0.29, 0.717) is 10.6 Å². The first-order valence-corrected chi connectivity index (χ1v) is 5.31. The van der Waals surface area contributed by atoms with E-state index >= 15 is 0 Å². The summed E-state index contributed by atoms with van der Waals surface area (Å²) in [7, 11) is 0. The van der Waals surface area contributed by atoms with Crippen LogP contribution < -0.4 is 0 Å². The van der Waals surface area contributed by atoms with Crippen LogP contribution in [0.25, 0.3) is 6.08 Å². The van der Waals surface area contributed by atoms with E-state index in [2.05, 4.69) is 12.6 Å². The van der Waals surface area contributed by atoms with E-state index in [1.54, 1.807) is 18.2 Å². The van der Waals surface area contributed by atoms with Crippen LogP contribution in [0.4, 0.5) is 0 Å². The largest absolute Gasteiger partial charge is 0.298 e. The van der Waals surface area contributed by atoms with Crippen LogP contribution in [-0.2, 0) is 0 Å². The van der Waals surface area contributed by atoms with Crippen LogP contribution in [-0.4, -0.2) is 12.0 Å². The molecule has 0 atom stereocenters. The summed E-state index contributed by atoms with van der Waals surface area (Å²) >= 11 is 9.91. The second kappa shape index (κ2) is 5.89. The normalized spacial score (nSPS) is 10.7. The molecule has 0 amide bonds. The Morgan fingerprint density at radius 1 is 1.36 bits per heavy atom. The quantitative estimate of drug-likeness (QED) is 0.615. The standard InChI is InChI=1S/C11H11ClOS/c12-11-5-4-10(8-13)9(7-11)3-1-2-6-14/h1,3-5,7-8,14H,2,6H2. The molecular formula is C11H11ClOS. The van der Waals surface area contributed by atoms with Gasteiger partial charge >= 0.3 is 0 Å². The van der Waals surface area contributed by atoms with Crippen LogP contribution in [0.15, 0.2) is 24.3 Å². The highest BCUT2D eigenvalue weighted by atomic mass is 35.5. The van der Waals surface area contributed by atoms with Crippen molar-refractivity contribution in [2.75, 3.05) is 5.75 Å². The topological polar surface area (TPSA) is 17.1 Å². The van der Waals surface area contributed by atoms with Crippen LogP contribution in [0.5, 0.6) is 0 Å². The van der Waals surface area contributed by atoms with Crippen molar-refractivity contribution in [1.29, 1.82) is 0 Å². The van der Waals surface area contributed by atoms with Crippen molar-refractivity contribution in [2.24, 2.45) is 0 Å². The van der Waals surface area contributed by atoms with E-state index < -0.39 is 0 Å². The summed E-state index contributed by atoms with van der Waals surface area (Å²) in [6.45, 7) is 0. The lowest BCUT2D eigenvalue weighted by Crippen LogP contribution is -1.85. The molecule has 3 heteroatoms. The minimum Gasteiger partial charge on any atom is -0.298 e. The maximum absolute atomic E-state index is 10.7. The molecule has 74 valence electrons. The SMILES string of the molecule is O=Cc1ccc(Cl)cc1C=CCCS. The third-order valence-corrected chi connectivity index (χ3v) is 2.26. The van der Waals surface area contributed by atoms with Gasteiger partial charge in [-0.05, 0) is 35.9 Å². The van der Waals surface area contributed by atoms with E-state index in [1.165, 1.54) is 0 Å². The number of rotatable bonds is 4. The number of hydrogen-bond acceptors (Lipinski definition) is 2. The fourth-order valence-electron chi connectivity index (χ4n) is 1.08. The summed E-state index contributed by atoms with van der Waals surface area (Å²) in [5, 5.41) is 0.640. The van der Waals surface area contributed by atoms with Gasteiger partial charge in [0.1, 0.15) is 0 Å². The third kappa shape index (κ3) is 3.20. The summed E-state index contributed by atoms with van der Waals surface area (Å²) in [6.07, 6.45) is 5.59. The Labute approximate surface area is 94.2 Å². The number of halogens is 1. The van der Waals surface area contributed by atoms with Gasteiger partial charge in [0.05, 0.1) is 0 Å². The fourth-order valence-corrected chi connectivity index (χ4v) is 1.41. The number of carbonyl (C=O) groups is 1. The molecule has 1 aromatic carbocycles. The van der Waals surface area contributed by atoms with E-state index in [0.717, 1.165) is 24.0 Å². The second-order valence-corrected chi connectivity index (χ2v) is 3.69. The highest BCUT2D eigenvalue weighted by Gasteiger charge is 1.98. The Hall–Kier alpha value is -0.730. The van der Waals surface area contributed by atoms with Crippen molar-refractivity contribution in [3.63, 3.8) is 0 Å². The molecule has 0 spiro atoms. The molecule has 0 N–H and O–H groups in total. The van der Waals surface area contributed by atoms with Crippen molar-refractivity contribution in [3.8, 4) is 0 Å². The van der Waals surface area contributed by atoms with Gasteiger partial charge in [-0.15, -0.1) is 0 Å². The van der Waals surface area contributed by atoms with Crippen LogP contribution in [0, 0.1) is 0 Å². The van der Waals surface area contributed by atoms with Gasteiger partial charge in [0, 0.05) is 10.6 Å². The van der Waals surface area contributed by atoms with Crippen LogP contribution in [0.2, 0.25) is 5.02 Å². The number of aldehydes is 1. The van der Waals surface area contributed by atoms with E-state index in [4.69, 9.17) is 11.6 Å². The Bertz CT molecular complexity index is 347. The summed E-state index contributed by atoms with van der Waals surface area (Å²) in [5.74, 6) is 0.799. The van der Waals surface area contributed by atoms with E-state index in [1.807, 2.05) is 12.2 Å². The lowest BCUT2D eigenvalue weighted by atomic mass is 10.1. The van der Waals surface area contributed by atoms with Crippen molar-refractivity contribution < 1.29 is 4.79 Å². The Morgan fingerprint density at radius 3 is 2.79 bits per heavy atom. The zero-order valence-electron chi connectivity index (χ0n) is 7.61. The molecule has 1 nitrogen and oxygen atoms in total. The zero-order chi connectivity index (χ0) is 10.4. The molecule has 0 aromatic heterocycles. The van der Waals surface area contributed by atoms with Gasteiger partial charge in [-0.2, -0.15) is 12.6 Å². The molecule has 0 heterocycles. The molecule has 0 unspecified atom stereocenters. The van der Waals surface area contributed by atoms with Gasteiger partial charge in [0.15, 0.2) is 6.29 Å². The molecule has 0 aliphatic rings. The van der Waals surface area contributed by atoms with E-state index in [9.17, 15) is 4.79 Å². The molecule has 0 aliphatic heterocycles. The molecule has 1 aromatic rings. The fraction of sp³-hybridized carbons (Fsp3) is 0.182. The van der Waals surface area contributed by atoms with Crippen LogP contribution in [0.1, 0.15) is 22.3 Å². The first kappa shape index (κ1) is 11.3. The highest BCUT2D eigenvalue weighted by Crippen LogP contribution is 2.16. The number of carbonyl (C=O) groups excluding carboxylic acids is 1. The smallest absolute Gasteiger partial charge is 0.150 e. The molecule has 0 radical (unpaired) electrons. The maximum Gasteiger partial charge on any atom is 0.150 e. The second-order valence-electron chi connectivity index (χ2n) is 2.81. The average molecular weight is 227 g/mol. The third-order valence-electron chi connectivity index (χ3n) is 1.77. The Morgan fingerprint density at radius 2 is 2.14 bits per heavy atom. The van der Waals surface area contributed by atoms with Crippen molar-refractivity contribution in [1.82, 2.24) is 0 Å². The first-order valence-electron chi connectivity index (χ1n) is 4.30. The number of benzene rings is 1. The predicted molar refractivity (Wildman–Crippen MR) is 64.3 cm³/mol. The van der Waals surface area contributed by atoms with Crippen LogP contribution >= 0.6 is 24.2 Å². The monoisotopic (exact) mass is 226 g/mol. The molecular weight excluding hydrogens is 216 g/mol. The van der Waals surface area contributed by atoms with Gasteiger partial charge in [-0.25, -0.2) is 0 Å². The molecule has 0 bridgehead atoms. The van der Waals surface area contributed by atoms with Gasteiger partial charge in [-0.1, -0.05) is 23.8 Å².